The molecular formula is C16H15N3O2. The summed E-state index contributed by atoms with van der Waals surface area (Å²) in [6.45, 7) is 0. The summed E-state index contributed by atoms with van der Waals surface area (Å²) in [5.74, 6) is -0.347. The van der Waals surface area contributed by atoms with Gasteiger partial charge in [-0.3, -0.25) is 4.98 Å². The Morgan fingerprint density at radius 2 is 2.05 bits per heavy atom. The van der Waals surface area contributed by atoms with Crippen LogP contribution in [0.2, 0.25) is 0 Å². The Kier molecular flexibility index (Phi) is 4.52. The summed E-state index contributed by atoms with van der Waals surface area (Å²) in [6.07, 6.45) is 2.98. The van der Waals surface area contributed by atoms with Gasteiger partial charge in [-0.25, -0.2) is 4.79 Å². The molecule has 0 aliphatic rings. The molecule has 2 aromatic rings. The van der Waals surface area contributed by atoms with Crippen molar-refractivity contribution in [3.8, 4) is 6.07 Å². The Bertz CT molecular complexity index is 688. The van der Waals surface area contributed by atoms with Crippen LogP contribution in [0.15, 0.2) is 36.5 Å². The molecule has 21 heavy (non-hydrogen) atoms. The SMILES string of the molecule is COC(=O)c1ccc(CCc2cc(C#N)c(N)cn2)cc1. The molecule has 0 fully saturated rings. The van der Waals surface area contributed by atoms with Crippen LogP contribution in [0.1, 0.15) is 27.2 Å². The standard InChI is InChI=1S/C16H15N3O2/c1-21-16(20)12-5-2-11(3-6-12)4-7-14-8-13(9-17)15(18)10-19-14/h2-3,5-6,8,10H,4,7,18H2,1H3. The molecule has 106 valence electrons. The average Bonchev–Trinajstić information content (AvgIpc) is 2.53. The maximum Gasteiger partial charge on any atom is 0.337 e. The number of esters is 1. The van der Waals surface area contributed by atoms with Gasteiger partial charge in [-0.1, -0.05) is 12.1 Å². The normalized spacial score (nSPS) is 9.90. The molecule has 5 heteroatoms. The highest BCUT2D eigenvalue weighted by Gasteiger charge is 2.05. The number of benzene rings is 1. The van der Waals surface area contributed by atoms with Gasteiger partial charge < -0.3 is 10.5 Å². The van der Waals surface area contributed by atoms with Crippen molar-refractivity contribution in [2.24, 2.45) is 0 Å². The monoisotopic (exact) mass is 281 g/mol. The number of anilines is 1. The molecule has 0 aliphatic heterocycles. The number of rotatable bonds is 4. The van der Waals surface area contributed by atoms with E-state index < -0.39 is 0 Å². The third-order valence-electron chi connectivity index (χ3n) is 3.16. The second-order valence-corrected chi connectivity index (χ2v) is 4.56. The number of nitriles is 1. The number of pyridine rings is 1. The zero-order valence-electron chi connectivity index (χ0n) is 11.7. The van der Waals surface area contributed by atoms with Crippen LogP contribution in [0, 0.1) is 11.3 Å². The number of methoxy groups -OCH3 is 1. The van der Waals surface area contributed by atoms with Gasteiger partial charge in [0.2, 0.25) is 0 Å². The highest BCUT2D eigenvalue weighted by Crippen LogP contribution is 2.13. The number of hydrogen-bond donors (Lipinski definition) is 1. The minimum Gasteiger partial charge on any atom is -0.465 e. The predicted molar refractivity (Wildman–Crippen MR) is 78.6 cm³/mol. The summed E-state index contributed by atoms with van der Waals surface area (Å²) in [4.78, 5) is 15.5. The van der Waals surface area contributed by atoms with E-state index in [0.29, 0.717) is 23.2 Å². The molecule has 0 radical (unpaired) electrons. The molecule has 0 saturated carbocycles. The Hall–Kier alpha value is -2.87. The topological polar surface area (TPSA) is 89.0 Å². The van der Waals surface area contributed by atoms with Crippen LogP contribution >= 0.6 is 0 Å². The summed E-state index contributed by atoms with van der Waals surface area (Å²) in [5, 5.41) is 8.93. The van der Waals surface area contributed by atoms with E-state index in [4.69, 9.17) is 11.0 Å². The van der Waals surface area contributed by atoms with Gasteiger partial charge in [-0.2, -0.15) is 5.26 Å². The van der Waals surface area contributed by atoms with E-state index in [1.807, 2.05) is 18.2 Å². The highest BCUT2D eigenvalue weighted by molar-refractivity contribution is 5.89. The first-order valence-electron chi connectivity index (χ1n) is 6.46. The minimum atomic E-state index is -0.347. The number of hydrogen-bond acceptors (Lipinski definition) is 5. The molecular weight excluding hydrogens is 266 g/mol. The van der Waals surface area contributed by atoms with Gasteiger partial charge in [-0.05, 0) is 36.6 Å². The molecule has 1 aromatic heterocycles. The van der Waals surface area contributed by atoms with Crippen LogP contribution < -0.4 is 5.73 Å². The zero-order valence-corrected chi connectivity index (χ0v) is 11.7. The maximum atomic E-state index is 11.3. The van der Waals surface area contributed by atoms with E-state index in [2.05, 4.69) is 9.72 Å². The second kappa shape index (κ2) is 6.53. The summed E-state index contributed by atoms with van der Waals surface area (Å²) in [6, 6.07) is 11.0. The van der Waals surface area contributed by atoms with Gasteiger partial charge in [0, 0.05) is 5.69 Å². The van der Waals surface area contributed by atoms with Crippen LogP contribution in [-0.2, 0) is 17.6 Å². The summed E-state index contributed by atoms with van der Waals surface area (Å²) in [5.41, 5.74) is 8.90. The quantitative estimate of drug-likeness (QED) is 0.867. The first kappa shape index (κ1) is 14.5. The van der Waals surface area contributed by atoms with E-state index in [-0.39, 0.29) is 5.97 Å². The van der Waals surface area contributed by atoms with E-state index in [1.165, 1.54) is 13.3 Å². The van der Waals surface area contributed by atoms with Gasteiger partial charge >= 0.3 is 5.97 Å². The molecule has 5 nitrogen and oxygen atoms in total. The maximum absolute atomic E-state index is 11.3. The number of nitrogens with zero attached hydrogens (tertiary/aromatic N) is 2. The van der Waals surface area contributed by atoms with Gasteiger partial charge in [0.05, 0.1) is 30.1 Å². The first-order valence-corrected chi connectivity index (χ1v) is 6.46. The molecule has 0 spiro atoms. The average molecular weight is 281 g/mol. The van der Waals surface area contributed by atoms with Gasteiger partial charge in [0.25, 0.3) is 0 Å². The van der Waals surface area contributed by atoms with Crippen molar-refractivity contribution in [2.45, 2.75) is 12.8 Å². The predicted octanol–water partition coefficient (Wildman–Crippen LogP) is 2.11. The second-order valence-electron chi connectivity index (χ2n) is 4.56. The Morgan fingerprint density at radius 1 is 1.33 bits per heavy atom. The molecule has 0 saturated heterocycles. The molecule has 0 atom stereocenters. The number of aryl methyl sites for hydroxylation is 2. The Morgan fingerprint density at radius 3 is 2.67 bits per heavy atom. The van der Waals surface area contributed by atoms with E-state index in [1.54, 1.807) is 18.2 Å². The lowest BCUT2D eigenvalue weighted by atomic mass is 10.0. The fourth-order valence-electron chi connectivity index (χ4n) is 1.94. The van der Waals surface area contributed by atoms with Crippen LogP contribution in [0.25, 0.3) is 0 Å². The van der Waals surface area contributed by atoms with Crippen LogP contribution in [0.5, 0.6) is 0 Å². The van der Waals surface area contributed by atoms with Crippen LogP contribution in [-0.4, -0.2) is 18.1 Å². The van der Waals surface area contributed by atoms with Gasteiger partial charge in [-0.15, -0.1) is 0 Å². The lowest BCUT2D eigenvalue weighted by molar-refractivity contribution is 0.0600. The third kappa shape index (κ3) is 3.57. The number of carbonyl (C=O) groups excluding carboxylic acids is 1. The number of carbonyl (C=O) groups is 1. The van der Waals surface area contributed by atoms with Crippen molar-refractivity contribution in [3.63, 3.8) is 0 Å². The number of nitrogens with two attached hydrogens (primary N) is 1. The summed E-state index contributed by atoms with van der Waals surface area (Å²) >= 11 is 0. The molecule has 1 aromatic carbocycles. The lowest BCUT2D eigenvalue weighted by Gasteiger charge is -2.04. The van der Waals surface area contributed by atoms with Crippen molar-refractivity contribution >= 4 is 11.7 Å². The molecule has 2 rings (SSSR count). The van der Waals surface area contributed by atoms with Crippen molar-refractivity contribution in [2.75, 3.05) is 12.8 Å². The fourth-order valence-corrected chi connectivity index (χ4v) is 1.94. The van der Waals surface area contributed by atoms with E-state index in [9.17, 15) is 4.79 Å². The number of nitrogen functional groups attached to an aromatic ring is 1. The van der Waals surface area contributed by atoms with Crippen LogP contribution in [0.3, 0.4) is 0 Å². The smallest absolute Gasteiger partial charge is 0.337 e. The van der Waals surface area contributed by atoms with E-state index in [0.717, 1.165) is 17.7 Å². The largest absolute Gasteiger partial charge is 0.465 e. The van der Waals surface area contributed by atoms with Gasteiger partial charge in [0.15, 0.2) is 0 Å². The van der Waals surface area contributed by atoms with E-state index >= 15 is 0 Å². The fraction of sp³-hybridized carbons (Fsp3) is 0.188. The Labute approximate surface area is 123 Å². The van der Waals surface area contributed by atoms with Crippen molar-refractivity contribution in [1.82, 2.24) is 4.98 Å². The molecule has 1 heterocycles. The zero-order chi connectivity index (χ0) is 15.2. The number of aromatic nitrogens is 1. The van der Waals surface area contributed by atoms with Crippen molar-refractivity contribution in [3.05, 3.63) is 58.9 Å². The summed E-state index contributed by atoms with van der Waals surface area (Å²) in [7, 11) is 1.36. The first-order chi connectivity index (χ1) is 10.1. The molecule has 2 N–H and O–H groups in total. The van der Waals surface area contributed by atoms with Crippen molar-refractivity contribution < 1.29 is 9.53 Å². The molecule has 0 aliphatic carbocycles. The molecule has 0 amide bonds. The molecule has 0 bridgehead atoms. The highest BCUT2D eigenvalue weighted by atomic mass is 16.5. The summed E-state index contributed by atoms with van der Waals surface area (Å²) < 4.78 is 4.65. The van der Waals surface area contributed by atoms with Gasteiger partial charge in [0.1, 0.15) is 6.07 Å². The van der Waals surface area contributed by atoms with Crippen LogP contribution in [0.4, 0.5) is 5.69 Å². The molecule has 0 unspecified atom stereocenters. The number of ether oxygens (including phenoxy) is 1. The lowest BCUT2D eigenvalue weighted by Crippen LogP contribution is -2.02. The minimum absolute atomic E-state index is 0.347. The van der Waals surface area contributed by atoms with Crippen molar-refractivity contribution in [1.29, 1.82) is 5.26 Å². The third-order valence-corrected chi connectivity index (χ3v) is 3.16. The Balaban J connectivity index is 2.03.